The third kappa shape index (κ3) is 3.15. The molecule has 5 nitrogen and oxygen atoms in total. The van der Waals surface area contributed by atoms with Crippen LogP contribution >= 0.6 is 11.3 Å². The van der Waals surface area contributed by atoms with Gasteiger partial charge in [0.15, 0.2) is 0 Å². The van der Waals surface area contributed by atoms with Crippen LogP contribution in [0, 0.1) is 11.8 Å². The summed E-state index contributed by atoms with van der Waals surface area (Å²) >= 11 is 1.74. The number of amides is 1. The van der Waals surface area contributed by atoms with E-state index in [0.717, 1.165) is 69.9 Å². The molecule has 2 saturated carbocycles. The number of hydrogen-bond acceptors (Lipinski definition) is 5. The Kier molecular flexibility index (Phi) is 4.44. The summed E-state index contributed by atoms with van der Waals surface area (Å²) in [6.07, 6.45) is 10.2. The van der Waals surface area contributed by atoms with Crippen molar-refractivity contribution in [1.82, 2.24) is 15.2 Å². The first-order chi connectivity index (χ1) is 12.7. The van der Waals surface area contributed by atoms with Gasteiger partial charge in [0, 0.05) is 36.7 Å². The van der Waals surface area contributed by atoms with Gasteiger partial charge in [-0.05, 0) is 57.5 Å². The molecule has 0 unspecified atom stereocenters. The van der Waals surface area contributed by atoms with Gasteiger partial charge in [-0.25, -0.2) is 4.98 Å². The molecule has 1 aromatic rings. The number of hydrogen-bond donors (Lipinski definition) is 1. The zero-order chi connectivity index (χ0) is 17.6. The van der Waals surface area contributed by atoms with Crippen LogP contribution in [0.3, 0.4) is 0 Å². The Hall–Kier alpha value is -1.14. The molecule has 1 aromatic heterocycles. The summed E-state index contributed by atoms with van der Waals surface area (Å²) in [5.41, 5.74) is 1.18. The van der Waals surface area contributed by atoms with Crippen molar-refractivity contribution in [1.29, 1.82) is 0 Å². The van der Waals surface area contributed by atoms with Crippen LogP contribution in [0.25, 0.3) is 0 Å². The molecule has 0 bridgehead atoms. The summed E-state index contributed by atoms with van der Waals surface area (Å²) < 4.78 is 6.65. The smallest absolute Gasteiger partial charge is 0.274 e. The lowest BCUT2D eigenvalue weighted by Crippen LogP contribution is -2.53. The Morgan fingerprint density at radius 2 is 1.92 bits per heavy atom. The van der Waals surface area contributed by atoms with Crippen molar-refractivity contribution in [3.8, 4) is 5.19 Å². The van der Waals surface area contributed by atoms with Gasteiger partial charge in [0.25, 0.3) is 5.19 Å². The molecule has 1 N–H and O–H groups in total. The molecule has 26 heavy (non-hydrogen) atoms. The van der Waals surface area contributed by atoms with Crippen LogP contribution in [0.1, 0.15) is 55.5 Å². The predicted molar refractivity (Wildman–Crippen MR) is 102 cm³/mol. The molecule has 3 heterocycles. The molecule has 6 heteroatoms. The van der Waals surface area contributed by atoms with Crippen molar-refractivity contribution in [2.24, 2.45) is 11.8 Å². The van der Waals surface area contributed by atoms with Gasteiger partial charge in [-0.3, -0.25) is 4.79 Å². The minimum absolute atomic E-state index is 0.00792. The van der Waals surface area contributed by atoms with E-state index < -0.39 is 0 Å². The van der Waals surface area contributed by atoms with Crippen molar-refractivity contribution in [3.05, 3.63) is 10.6 Å². The molecule has 0 radical (unpaired) electrons. The molecule has 4 aliphatic rings. The van der Waals surface area contributed by atoms with E-state index in [1.807, 2.05) is 0 Å². The van der Waals surface area contributed by atoms with E-state index in [1.165, 1.54) is 29.8 Å². The SMILES string of the molecule is O=C(C1CC1)N1CCc2nc(OC3(C4CCC4)CCNCC3)sc2CC1. The van der Waals surface area contributed by atoms with Crippen LogP contribution in [0.5, 0.6) is 5.19 Å². The number of ether oxygens (including phenoxy) is 1. The standard InChI is InChI=1S/C20H29N3O2S/c24-18(14-4-5-14)23-12-6-16-17(7-13-23)26-19(22-16)25-20(15-2-1-3-15)8-10-21-11-9-20/h14-15,21H,1-13H2. The van der Waals surface area contributed by atoms with E-state index in [-0.39, 0.29) is 5.60 Å². The fourth-order valence-electron chi connectivity index (χ4n) is 4.74. The van der Waals surface area contributed by atoms with E-state index in [1.54, 1.807) is 11.3 Å². The Morgan fingerprint density at radius 1 is 1.15 bits per heavy atom. The molecule has 0 atom stereocenters. The van der Waals surface area contributed by atoms with E-state index in [9.17, 15) is 4.79 Å². The second-order valence-electron chi connectivity index (χ2n) is 8.49. The van der Waals surface area contributed by atoms with Crippen LogP contribution in [-0.4, -0.2) is 47.6 Å². The highest BCUT2D eigenvalue weighted by atomic mass is 32.1. The molecule has 1 saturated heterocycles. The van der Waals surface area contributed by atoms with Crippen molar-refractivity contribution in [2.45, 2.75) is 63.4 Å². The van der Waals surface area contributed by atoms with Gasteiger partial charge in [0.1, 0.15) is 5.60 Å². The Balaban J connectivity index is 1.29. The highest BCUT2D eigenvalue weighted by molar-refractivity contribution is 7.13. The maximum Gasteiger partial charge on any atom is 0.274 e. The Morgan fingerprint density at radius 3 is 2.62 bits per heavy atom. The number of carbonyl (C=O) groups excluding carboxylic acids is 1. The fraction of sp³-hybridized carbons (Fsp3) is 0.800. The third-order valence-corrected chi connectivity index (χ3v) is 7.85. The molecule has 0 aromatic carbocycles. The summed E-state index contributed by atoms with van der Waals surface area (Å²) in [7, 11) is 0. The van der Waals surface area contributed by atoms with Gasteiger partial charge in [0.2, 0.25) is 5.91 Å². The maximum atomic E-state index is 12.4. The lowest BCUT2D eigenvalue weighted by molar-refractivity contribution is -0.132. The second-order valence-corrected chi connectivity index (χ2v) is 9.54. The van der Waals surface area contributed by atoms with Gasteiger partial charge in [-0.15, -0.1) is 0 Å². The van der Waals surface area contributed by atoms with Crippen molar-refractivity contribution < 1.29 is 9.53 Å². The third-order valence-electron chi connectivity index (χ3n) is 6.81. The highest BCUT2D eigenvalue weighted by Gasteiger charge is 2.45. The number of carbonyl (C=O) groups is 1. The quantitative estimate of drug-likeness (QED) is 0.879. The topological polar surface area (TPSA) is 54.5 Å². The van der Waals surface area contributed by atoms with Gasteiger partial charge in [-0.2, -0.15) is 0 Å². The lowest BCUT2D eigenvalue weighted by atomic mass is 9.69. The molecule has 3 fully saturated rings. The number of rotatable bonds is 4. The minimum atomic E-state index is 0.00792. The van der Waals surface area contributed by atoms with Crippen molar-refractivity contribution >= 4 is 17.2 Å². The molecular formula is C20H29N3O2S. The van der Waals surface area contributed by atoms with E-state index in [0.29, 0.717) is 17.7 Å². The first kappa shape index (κ1) is 17.0. The van der Waals surface area contributed by atoms with Gasteiger partial charge in [-0.1, -0.05) is 17.8 Å². The van der Waals surface area contributed by atoms with E-state index in [2.05, 4.69) is 10.2 Å². The zero-order valence-corrected chi connectivity index (χ0v) is 16.3. The Labute approximate surface area is 159 Å². The molecule has 2 aliphatic carbocycles. The summed E-state index contributed by atoms with van der Waals surface area (Å²) in [6.45, 7) is 3.78. The monoisotopic (exact) mass is 375 g/mol. The molecule has 0 spiro atoms. The highest BCUT2D eigenvalue weighted by Crippen LogP contribution is 2.45. The largest absolute Gasteiger partial charge is 0.463 e. The summed E-state index contributed by atoms with van der Waals surface area (Å²) in [6, 6.07) is 0. The van der Waals surface area contributed by atoms with Crippen LogP contribution in [0.2, 0.25) is 0 Å². The van der Waals surface area contributed by atoms with Crippen LogP contribution in [0.15, 0.2) is 0 Å². The first-order valence-electron chi connectivity index (χ1n) is 10.4. The van der Waals surface area contributed by atoms with Crippen LogP contribution in [0.4, 0.5) is 0 Å². The minimum Gasteiger partial charge on any atom is -0.463 e. The van der Waals surface area contributed by atoms with E-state index in [4.69, 9.17) is 9.72 Å². The number of nitrogens with one attached hydrogen (secondary N) is 1. The predicted octanol–water partition coefficient (Wildman–Crippen LogP) is 2.78. The van der Waals surface area contributed by atoms with Crippen molar-refractivity contribution in [2.75, 3.05) is 26.2 Å². The molecular weight excluding hydrogens is 346 g/mol. The second kappa shape index (κ2) is 6.79. The van der Waals surface area contributed by atoms with Gasteiger partial charge >= 0.3 is 0 Å². The first-order valence-corrected chi connectivity index (χ1v) is 11.2. The zero-order valence-electron chi connectivity index (χ0n) is 15.5. The van der Waals surface area contributed by atoms with Gasteiger partial charge < -0.3 is 15.0 Å². The lowest BCUT2D eigenvalue weighted by Gasteiger charge is -2.47. The number of fused-ring (bicyclic) bond motifs is 1. The average Bonchev–Trinajstić information content (AvgIpc) is 3.39. The number of nitrogens with zero attached hydrogens (tertiary/aromatic N) is 2. The number of piperidine rings is 1. The van der Waals surface area contributed by atoms with Gasteiger partial charge in [0.05, 0.1) is 5.69 Å². The molecule has 5 rings (SSSR count). The molecule has 142 valence electrons. The molecule has 1 amide bonds. The van der Waals surface area contributed by atoms with Crippen molar-refractivity contribution in [3.63, 3.8) is 0 Å². The summed E-state index contributed by atoms with van der Waals surface area (Å²) in [5, 5.41) is 4.36. The molecule has 2 aliphatic heterocycles. The maximum absolute atomic E-state index is 12.4. The number of aromatic nitrogens is 1. The average molecular weight is 376 g/mol. The summed E-state index contributed by atoms with van der Waals surface area (Å²) in [5.74, 6) is 1.40. The fourth-order valence-corrected chi connectivity index (χ4v) is 5.78. The van der Waals surface area contributed by atoms with E-state index >= 15 is 0 Å². The normalized spacial score (nSPS) is 25.9. The van der Waals surface area contributed by atoms with Crippen LogP contribution < -0.4 is 10.1 Å². The summed E-state index contributed by atoms with van der Waals surface area (Å²) in [4.78, 5) is 20.6. The Bertz CT molecular complexity index is 649. The number of thiazole rings is 1. The van der Waals surface area contributed by atoms with Crippen LogP contribution in [-0.2, 0) is 17.6 Å².